The van der Waals surface area contributed by atoms with Crippen LogP contribution in [0, 0.1) is 0 Å². The number of ether oxygens (including phenoxy) is 1. The Hall–Kier alpha value is -2.61. The molecule has 1 aliphatic rings. The van der Waals surface area contributed by atoms with Crippen LogP contribution in [0.4, 0.5) is 10.6 Å². The number of hydrogen-bond acceptors (Lipinski definition) is 6. The third-order valence-corrected chi connectivity index (χ3v) is 4.02. The van der Waals surface area contributed by atoms with Gasteiger partial charge in [0.1, 0.15) is 11.3 Å². The monoisotopic (exact) mass is 376 g/mol. The standard InChI is InChI=1S/C17H21ClN6O2/c1-17(2,3)26-16(25)23-6-4-11(5-7-23)12-9-20-24(10-12)13-8-14(18)21-22-15(13)19/h4,8-10H,5-7H2,1-3H3,(H2,19,22). The predicted molar refractivity (Wildman–Crippen MR) is 99.0 cm³/mol. The third kappa shape index (κ3) is 4.13. The van der Waals surface area contributed by atoms with Crippen molar-refractivity contribution in [2.24, 2.45) is 0 Å². The molecule has 0 fully saturated rings. The van der Waals surface area contributed by atoms with E-state index in [2.05, 4.69) is 15.3 Å². The minimum atomic E-state index is -0.498. The summed E-state index contributed by atoms with van der Waals surface area (Å²) in [7, 11) is 0. The Labute approximate surface area is 156 Å². The fourth-order valence-corrected chi connectivity index (χ4v) is 2.74. The van der Waals surface area contributed by atoms with E-state index >= 15 is 0 Å². The van der Waals surface area contributed by atoms with E-state index < -0.39 is 5.60 Å². The van der Waals surface area contributed by atoms with E-state index in [4.69, 9.17) is 22.1 Å². The highest BCUT2D eigenvalue weighted by atomic mass is 35.5. The number of carbonyl (C=O) groups is 1. The summed E-state index contributed by atoms with van der Waals surface area (Å²) in [6.45, 7) is 6.67. The van der Waals surface area contributed by atoms with Crippen molar-refractivity contribution in [2.75, 3.05) is 18.8 Å². The number of amides is 1. The van der Waals surface area contributed by atoms with Gasteiger partial charge in [0.15, 0.2) is 11.0 Å². The lowest BCUT2D eigenvalue weighted by molar-refractivity contribution is 0.0270. The van der Waals surface area contributed by atoms with Gasteiger partial charge in [0.05, 0.1) is 6.20 Å². The highest BCUT2D eigenvalue weighted by Crippen LogP contribution is 2.25. The average Bonchev–Trinajstić information content (AvgIpc) is 3.05. The van der Waals surface area contributed by atoms with Crippen LogP contribution < -0.4 is 5.73 Å². The Morgan fingerprint density at radius 2 is 2.12 bits per heavy atom. The summed E-state index contributed by atoms with van der Waals surface area (Å²) < 4.78 is 7.02. The number of carbonyl (C=O) groups excluding carboxylic acids is 1. The van der Waals surface area contributed by atoms with Gasteiger partial charge in [-0.1, -0.05) is 17.7 Å². The largest absolute Gasteiger partial charge is 0.444 e. The van der Waals surface area contributed by atoms with Crippen molar-refractivity contribution in [1.82, 2.24) is 24.9 Å². The minimum Gasteiger partial charge on any atom is -0.444 e. The van der Waals surface area contributed by atoms with E-state index in [9.17, 15) is 4.79 Å². The topological polar surface area (TPSA) is 99.2 Å². The molecule has 2 aromatic rings. The van der Waals surface area contributed by atoms with Gasteiger partial charge < -0.3 is 15.4 Å². The van der Waals surface area contributed by atoms with E-state index in [1.54, 1.807) is 21.8 Å². The number of aromatic nitrogens is 4. The molecule has 0 aromatic carbocycles. The van der Waals surface area contributed by atoms with Crippen LogP contribution >= 0.6 is 11.6 Å². The molecule has 3 heterocycles. The summed E-state index contributed by atoms with van der Waals surface area (Å²) in [5.74, 6) is 0.248. The van der Waals surface area contributed by atoms with Crippen LogP contribution in [0.25, 0.3) is 11.3 Å². The Balaban J connectivity index is 1.73. The Morgan fingerprint density at radius 1 is 1.35 bits per heavy atom. The first-order valence-corrected chi connectivity index (χ1v) is 8.62. The first-order chi connectivity index (χ1) is 12.2. The van der Waals surface area contributed by atoms with Crippen molar-refractivity contribution in [2.45, 2.75) is 32.8 Å². The first-order valence-electron chi connectivity index (χ1n) is 8.24. The van der Waals surface area contributed by atoms with Gasteiger partial charge in [0.25, 0.3) is 0 Å². The molecule has 0 bridgehead atoms. The number of anilines is 1. The summed E-state index contributed by atoms with van der Waals surface area (Å²) in [5.41, 5.74) is 7.99. The molecular weight excluding hydrogens is 356 g/mol. The second-order valence-corrected chi connectivity index (χ2v) is 7.40. The molecule has 0 atom stereocenters. The molecule has 2 N–H and O–H groups in total. The number of nitrogens with zero attached hydrogens (tertiary/aromatic N) is 5. The molecular formula is C17H21ClN6O2. The Morgan fingerprint density at radius 3 is 2.77 bits per heavy atom. The summed E-state index contributed by atoms with van der Waals surface area (Å²) in [6, 6.07) is 1.61. The van der Waals surface area contributed by atoms with E-state index in [1.807, 2.05) is 33.0 Å². The van der Waals surface area contributed by atoms with Gasteiger partial charge in [0.2, 0.25) is 0 Å². The minimum absolute atomic E-state index is 0.246. The maximum Gasteiger partial charge on any atom is 0.410 e. The van der Waals surface area contributed by atoms with E-state index in [0.717, 1.165) is 17.6 Å². The van der Waals surface area contributed by atoms with Gasteiger partial charge >= 0.3 is 6.09 Å². The molecule has 0 saturated heterocycles. The SMILES string of the molecule is CC(C)(C)OC(=O)N1CC=C(c2cnn(-c3cc(Cl)nnc3N)c2)CC1. The van der Waals surface area contributed by atoms with Crippen LogP contribution in [0.3, 0.4) is 0 Å². The zero-order valence-corrected chi connectivity index (χ0v) is 15.7. The number of hydrogen-bond donors (Lipinski definition) is 1. The van der Waals surface area contributed by atoms with E-state index in [-0.39, 0.29) is 17.1 Å². The van der Waals surface area contributed by atoms with Crippen LogP contribution in [0.5, 0.6) is 0 Å². The maximum atomic E-state index is 12.1. The molecule has 8 nitrogen and oxygen atoms in total. The number of nitrogen functional groups attached to an aromatic ring is 1. The van der Waals surface area contributed by atoms with Crippen LogP contribution in [-0.4, -0.2) is 49.7 Å². The molecule has 1 aliphatic heterocycles. The third-order valence-electron chi connectivity index (χ3n) is 3.83. The molecule has 26 heavy (non-hydrogen) atoms. The number of rotatable bonds is 2. The van der Waals surface area contributed by atoms with Gasteiger partial charge in [-0.3, -0.25) is 0 Å². The van der Waals surface area contributed by atoms with Gasteiger partial charge in [-0.25, -0.2) is 9.48 Å². The fraction of sp³-hybridized carbons (Fsp3) is 0.412. The fourth-order valence-electron chi connectivity index (χ4n) is 2.60. The number of halogens is 1. The predicted octanol–water partition coefficient (Wildman–Crippen LogP) is 2.92. The second-order valence-electron chi connectivity index (χ2n) is 7.02. The summed E-state index contributed by atoms with van der Waals surface area (Å²) in [5, 5.41) is 12.1. The van der Waals surface area contributed by atoms with Crippen molar-refractivity contribution in [3.05, 3.63) is 35.3 Å². The summed E-state index contributed by atoms with van der Waals surface area (Å²) in [6.07, 6.45) is 6.04. The zero-order chi connectivity index (χ0) is 18.9. The van der Waals surface area contributed by atoms with E-state index in [0.29, 0.717) is 18.8 Å². The summed E-state index contributed by atoms with van der Waals surface area (Å²) >= 11 is 5.88. The summed E-state index contributed by atoms with van der Waals surface area (Å²) in [4.78, 5) is 13.8. The smallest absolute Gasteiger partial charge is 0.410 e. The normalized spacial score (nSPS) is 14.9. The van der Waals surface area contributed by atoms with E-state index in [1.165, 1.54) is 0 Å². The van der Waals surface area contributed by atoms with Crippen LogP contribution in [0.15, 0.2) is 24.5 Å². The van der Waals surface area contributed by atoms with Crippen molar-refractivity contribution >= 4 is 29.1 Å². The van der Waals surface area contributed by atoms with Crippen molar-refractivity contribution in [3.8, 4) is 5.69 Å². The quantitative estimate of drug-likeness (QED) is 0.865. The average molecular weight is 377 g/mol. The number of nitrogens with two attached hydrogens (primary N) is 1. The van der Waals surface area contributed by atoms with Crippen LogP contribution in [-0.2, 0) is 4.74 Å². The second kappa shape index (κ2) is 6.95. The molecule has 0 unspecified atom stereocenters. The zero-order valence-electron chi connectivity index (χ0n) is 14.9. The molecule has 2 aromatic heterocycles. The van der Waals surface area contributed by atoms with Gasteiger partial charge in [-0.05, 0) is 32.8 Å². The van der Waals surface area contributed by atoms with Crippen molar-refractivity contribution in [3.63, 3.8) is 0 Å². The molecule has 3 rings (SSSR count). The highest BCUT2D eigenvalue weighted by Gasteiger charge is 2.24. The van der Waals surface area contributed by atoms with Gasteiger partial charge in [-0.2, -0.15) is 5.10 Å². The van der Waals surface area contributed by atoms with Crippen molar-refractivity contribution in [1.29, 1.82) is 0 Å². The maximum absolute atomic E-state index is 12.1. The molecule has 9 heteroatoms. The van der Waals surface area contributed by atoms with Gasteiger partial charge in [0, 0.05) is 30.9 Å². The first kappa shape index (κ1) is 18.2. The molecule has 0 radical (unpaired) electrons. The Bertz CT molecular complexity index is 855. The Kier molecular flexibility index (Phi) is 4.86. The van der Waals surface area contributed by atoms with Crippen LogP contribution in [0.1, 0.15) is 32.8 Å². The van der Waals surface area contributed by atoms with Gasteiger partial charge in [-0.15, -0.1) is 10.2 Å². The molecule has 0 aliphatic carbocycles. The lowest BCUT2D eigenvalue weighted by atomic mass is 10.0. The van der Waals surface area contributed by atoms with Crippen LogP contribution in [0.2, 0.25) is 5.15 Å². The molecule has 1 amide bonds. The highest BCUT2D eigenvalue weighted by molar-refractivity contribution is 6.29. The molecule has 0 saturated carbocycles. The van der Waals surface area contributed by atoms with Crippen molar-refractivity contribution < 1.29 is 9.53 Å². The molecule has 0 spiro atoms. The lowest BCUT2D eigenvalue weighted by Crippen LogP contribution is -2.39. The molecule has 138 valence electrons. The lowest BCUT2D eigenvalue weighted by Gasteiger charge is -2.29.